The number of benzene rings is 3. The molecule has 41 heavy (non-hydrogen) atoms. The third-order valence-electron chi connectivity index (χ3n) is 8.11. The maximum absolute atomic E-state index is 15.1. The third-order valence-corrected chi connectivity index (χ3v) is 8.11. The number of unbranched alkanes of at least 4 members (excludes halogenated alkanes) is 3. The Labute approximate surface area is 239 Å². The summed E-state index contributed by atoms with van der Waals surface area (Å²) >= 11 is 0. The molecule has 0 atom stereocenters. The van der Waals surface area contributed by atoms with Crippen molar-refractivity contribution in [1.29, 1.82) is 0 Å². The quantitative estimate of drug-likeness (QED) is 0.149. The van der Waals surface area contributed by atoms with Crippen molar-refractivity contribution in [1.82, 2.24) is 0 Å². The molecule has 4 rings (SSSR count). The standard InChI is InChI=1S/C34H39F5O2/c1-3-5-6-7-20-41-30-18-15-25(31(36)33(30)38)10-8-22-9-16-26(28(35)21-22)23-11-13-24(14-12-23)27-17-19-29(40-4-2)34(39)32(27)37/h9,15-19,21,23-24H,3-8,10-14,20H2,1-2H3. The van der Waals surface area contributed by atoms with Gasteiger partial charge in [-0.3, -0.25) is 0 Å². The van der Waals surface area contributed by atoms with E-state index in [0.29, 0.717) is 55.4 Å². The summed E-state index contributed by atoms with van der Waals surface area (Å²) in [4.78, 5) is 0. The Bertz CT molecular complexity index is 1300. The molecular formula is C34H39F5O2. The zero-order chi connectivity index (χ0) is 29.4. The van der Waals surface area contributed by atoms with E-state index in [1.54, 1.807) is 19.1 Å². The van der Waals surface area contributed by atoms with Crippen molar-refractivity contribution in [3.63, 3.8) is 0 Å². The van der Waals surface area contributed by atoms with Gasteiger partial charge in [0.15, 0.2) is 23.1 Å². The van der Waals surface area contributed by atoms with Crippen LogP contribution in [0.15, 0.2) is 42.5 Å². The number of rotatable bonds is 13. The molecule has 1 aliphatic carbocycles. The molecule has 7 heteroatoms. The van der Waals surface area contributed by atoms with Gasteiger partial charge in [-0.1, -0.05) is 50.5 Å². The van der Waals surface area contributed by atoms with Gasteiger partial charge in [0.1, 0.15) is 5.82 Å². The number of hydrogen-bond acceptors (Lipinski definition) is 2. The first kappa shape index (κ1) is 30.9. The Hall–Kier alpha value is -3.09. The lowest BCUT2D eigenvalue weighted by molar-refractivity contribution is 0.284. The molecule has 0 bridgehead atoms. The summed E-state index contributed by atoms with van der Waals surface area (Å²) in [6.45, 7) is 4.41. The van der Waals surface area contributed by atoms with Crippen LogP contribution in [0.5, 0.6) is 11.5 Å². The van der Waals surface area contributed by atoms with Gasteiger partial charge in [0, 0.05) is 0 Å². The van der Waals surface area contributed by atoms with Crippen LogP contribution in [0.2, 0.25) is 0 Å². The van der Waals surface area contributed by atoms with Gasteiger partial charge in [0.05, 0.1) is 13.2 Å². The Balaban J connectivity index is 1.32. The molecule has 3 aromatic carbocycles. The summed E-state index contributed by atoms with van der Waals surface area (Å²) < 4.78 is 83.9. The van der Waals surface area contributed by atoms with Crippen LogP contribution in [0.25, 0.3) is 0 Å². The van der Waals surface area contributed by atoms with Crippen LogP contribution >= 0.6 is 0 Å². The van der Waals surface area contributed by atoms with Crippen molar-refractivity contribution in [2.75, 3.05) is 13.2 Å². The molecule has 0 N–H and O–H groups in total. The zero-order valence-electron chi connectivity index (χ0n) is 23.9. The third kappa shape index (κ3) is 7.60. The van der Waals surface area contributed by atoms with Crippen LogP contribution < -0.4 is 9.47 Å². The highest BCUT2D eigenvalue weighted by Gasteiger charge is 2.28. The fraction of sp³-hybridized carbons (Fsp3) is 0.471. The minimum atomic E-state index is -0.983. The van der Waals surface area contributed by atoms with Crippen LogP contribution in [0.3, 0.4) is 0 Å². The Morgan fingerprint density at radius 3 is 1.95 bits per heavy atom. The minimum absolute atomic E-state index is 0.0167. The van der Waals surface area contributed by atoms with Gasteiger partial charge < -0.3 is 9.47 Å². The second-order valence-corrected chi connectivity index (χ2v) is 10.9. The number of aryl methyl sites for hydroxylation is 2. The zero-order valence-corrected chi connectivity index (χ0v) is 23.9. The summed E-state index contributed by atoms with van der Waals surface area (Å²) in [5, 5.41) is 0. The lowest BCUT2D eigenvalue weighted by atomic mass is 9.75. The van der Waals surface area contributed by atoms with Crippen molar-refractivity contribution in [2.24, 2.45) is 0 Å². The Morgan fingerprint density at radius 2 is 1.27 bits per heavy atom. The van der Waals surface area contributed by atoms with E-state index in [0.717, 1.165) is 25.7 Å². The SMILES string of the molecule is CCCCCCOc1ccc(CCc2ccc(C3CCC(c4ccc(OCC)c(F)c4F)CC3)c(F)c2)c(F)c1F. The minimum Gasteiger partial charge on any atom is -0.491 e. The largest absolute Gasteiger partial charge is 0.491 e. The molecule has 2 nitrogen and oxygen atoms in total. The highest BCUT2D eigenvalue weighted by Crippen LogP contribution is 2.43. The van der Waals surface area contributed by atoms with E-state index in [1.807, 2.05) is 6.07 Å². The van der Waals surface area contributed by atoms with Gasteiger partial charge in [0.2, 0.25) is 11.6 Å². The molecule has 1 aliphatic rings. The average Bonchev–Trinajstić information content (AvgIpc) is 2.97. The van der Waals surface area contributed by atoms with Crippen molar-refractivity contribution < 1.29 is 31.4 Å². The number of ether oxygens (including phenoxy) is 2. The Morgan fingerprint density at radius 1 is 0.634 bits per heavy atom. The molecule has 1 fully saturated rings. The van der Waals surface area contributed by atoms with Crippen molar-refractivity contribution in [2.45, 2.75) is 89.9 Å². The number of halogens is 5. The predicted octanol–water partition coefficient (Wildman–Crippen LogP) is 9.97. The molecule has 0 aliphatic heterocycles. The molecule has 0 radical (unpaired) electrons. The molecule has 0 heterocycles. The fourth-order valence-electron chi connectivity index (χ4n) is 5.77. The van der Waals surface area contributed by atoms with E-state index in [9.17, 15) is 17.6 Å². The van der Waals surface area contributed by atoms with E-state index in [4.69, 9.17) is 9.47 Å². The van der Waals surface area contributed by atoms with Gasteiger partial charge in [-0.15, -0.1) is 0 Å². The summed E-state index contributed by atoms with van der Waals surface area (Å²) in [7, 11) is 0. The molecule has 0 unspecified atom stereocenters. The smallest absolute Gasteiger partial charge is 0.200 e. The normalized spacial score (nSPS) is 17.0. The molecule has 0 aromatic heterocycles. The topological polar surface area (TPSA) is 18.5 Å². The second kappa shape index (κ2) is 14.7. The van der Waals surface area contributed by atoms with Gasteiger partial charge in [-0.2, -0.15) is 8.78 Å². The molecule has 222 valence electrons. The molecular weight excluding hydrogens is 535 g/mol. The first-order valence-corrected chi connectivity index (χ1v) is 14.8. The van der Waals surface area contributed by atoms with Crippen molar-refractivity contribution in [3.8, 4) is 11.5 Å². The fourth-order valence-corrected chi connectivity index (χ4v) is 5.77. The van der Waals surface area contributed by atoms with E-state index in [-0.39, 0.29) is 47.7 Å². The first-order valence-electron chi connectivity index (χ1n) is 14.8. The highest BCUT2D eigenvalue weighted by atomic mass is 19.2. The van der Waals surface area contributed by atoms with Crippen LogP contribution in [0.1, 0.15) is 99.3 Å². The van der Waals surface area contributed by atoms with E-state index >= 15 is 4.39 Å². The van der Waals surface area contributed by atoms with E-state index in [2.05, 4.69) is 6.92 Å². The van der Waals surface area contributed by atoms with Crippen molar-refractivity contribution >= 4 is 0 Å². The summed E-state index contributed by atoms with van der Waals surface area (Å²) in [5.41, 5.74) is 1.86. The van der Waals surface area contributed by atoms with Crippen LogP contribution in [-0.2, 0) is 12.8 Å². The van der Waals surface area contributed by atoms with Crippen LogP contribution in [-0.4, -0.2) is 13.2 Å². The van der Waals surface area contributed by atoms with Crippen LogP contribution in [0.4, 0.5) is 22.0 Å². The number of hydrogen-bond donors (Lipinski definition) is 0. The van der Waals surface area contributed by atoms with E-state index < -0.39 is 23.3 Å². The molecule has 0 spiro atoms. The molecule has 3 aromatic rings. The summed E-state index contributed by atoms with van der Waals surface area (Å²) in [5.74, 6) is -4.38. The van der Waals surface area contributed by atoms with Gasteiger partial charge in [-0.05, 0) is 104 Å². The monoisotopic (exact) mass is 574 g/mol. The molecule has 1 saturated carbocycles. The molecule has 0 amide bonds. The van der Waals surface area contributed by atoms with Gasteiger partial charge in [0.25, 0.3) is 0 Å². The summed E-state index contributed by atoms with van der Waals surface area (Å²) in [6, 6.07) is 11.1. The first-order chi connectivity index (χ1) is 19.8. The van der Waals surface area contributed by atoms with Crippen LogP contribution in [0, 0.1) is 29.1 Å². The van der Waals surface area contributed by atoms with Crippen molar-refractivity contribution in [3.05, 3.63) is 93.8 Å². The average molecular weight is 575 g/mol. The molecule has 0 saturated heterocycles. The predicted molar refractivity (Wildman–Crippen MR) is 151 cm³/mol. The Kier molecular flexibility index (Phi) is 11.1. The lowest BCUT2D eigenvalue weighted by Crippen LogP contribution is -2.15. The summed E-state index contributed by atoms with van der Waals surface area (Å²) in [6.07, 6.45) is 7.10. The lowest BCUT2D eigenvalue weighted by Gasteiger charge is -2.29. The maximum atomic E-state index is 15.1. The van der Waals surface area contributed by atoms with Gasteiger partial charge >= 0.3 is 0 Å². The second-order valence-electron chi connectivity index (χ2n) is 10.9. The van der Waals surface area contributed by atoms with E-state index in [1.165, 1.54) is 24.3 Å². The highest BCUT2D eigenvalue weighted by molar-refractivity contribution is 5.35. The maximum Gasteiger partial charge on any atom is 0.200 e. The van der Waals surface area contributed by atoms with Gasteiger partial charge in [-0.25, -0.2) is 13.2 Å².